The molecule has 5 heteroatoms. The number of benzene rings is 1. The number of aliphatic carboxylic acids is 1. The summed E-state index contributed by atoms with van der Waals surface area (Å²) in [6, 6.07) is 5.85. The molecule has 0 saturated carbocycles. The molecule has 2 rings (SSSR count). The molecule has 104 valence electrons. The summed E-state index contributed by atoms with van der Waals surface area (Å²) in [4.78, 5) is 13.4. The molecule has 1 aliphatic heterocycles. The molecule has 2 unspecified atom stereocenters. The van der Waals surface area contributed by atoms with Gasteiger partial charge in [-0.1, -0.05) is 24.6 Å². The lowest BCUT2D eigenvalue weighted by Crippen LogP contribution is -2.41. The highest BCUT2D eigenvalue weighted by Gasteiger charge is 2.29. The average Bonchev–Trinajstić information content (AvgIpc) is 2.33. The van der Waals surface area contributed by atoms with E-state index in [1.807, 2.05) is 18.2 Å². The van der Waals surface area contributed by atoms with Gasteiger partial charge in [-0.3, -0.25) is 9.69 Å². The van der Waals surface area contributed by atoms with Crippen LogP contribution in [0.4, 0.5) is 0 Å². The zero-order valence-corrected chi connectivity index (χ0v) is 13.1. The SMILES string of the molecule is CC1CC(C(=O)O)CN(Cc2ccc(Cl)c(Br)c2)C1. The number of hydrogen-bond donors (Lipinski definition) is 1. The molecule has 1 N–H and O–H groups in total. The maximum Gasteiger partial charge on any atom is 0.307 e. The van der Waals surface area contributed by atoms with Gasteiger partial charge >= 0.3 is 5.97 Å². The van der Waals surface area contributed by atoms with Gasteiger partial charge in [0.1, 0.15) is 0 Å². The van der Waals surface area contributed by atoms with Gasteiger partial charge < -0.3 is 5.11 Å². The fourth-order valence-electron chi connectivity index (χ4n) is 2.67. The number of rotatable bonds is 3. The van der Waals surface area contributed by atoms with Crippen LogP contribution >= 0.6 is 27.5 Å². The van der Waals surface area contributed by atoms with Gasteiger partial charge in [0.05, 0.1) is 10.9 Å². The van der Waals surface area contributed by atoms with Crippen molar-refractivity contribution in [3.8, 4) is 0 Å². The van der Waals surface area contributed by atoms with E-state index in [1.165, 1.54) is 0 Å². The summed E-state index contributed by atoms with van der Waals surface area (Å²) in [5.41, 5.74) is 1.15. The van der Waals surface area contributed by atoms with Crippen LogP contribution in [0.5, 0.6) is 0 Å². The lowest BCUT2D eigenvalue weighted by molar-refractivity contribution is -0.144. The fourth-order valence-corrected chi connectivity index (χ4v) is 3.21. The molecule has 2 atom stereocenters. The third kappa shape index (κ3) is 3.94. The van der Waals surface area contributed by atoms with Crippen molar-refractivity contribution >= 4 is 33.5 Å². The predicted octanol–water partition coefficient (Wildman–Crippen LogP) is 3.65. The highest BCUT2D eigenvalue weighted by atomic mass is 79.9. The Labute approximate surface area is 126 Å². The summed E-state index contributed by atoms with van der Waals surface area (Å²) in [6.45, 7) is 4.45. The van der Waals surface area contributed by atoms with Crippen LogP contribution in [0.1, 0.15) is 18.9 Å². The minimum atomic E-state index is -0.686. The van der Waals surface area contributed by atoms with Crippen LogP contribution in [0.25, 0.3) is 0 Å². The molecule has 1 heterocycles. The van der Waals surface area contributed by atoms with Crippen LogP contribution in [0, 0.1) is 11.8 Å². The molecule has 0 spiro atoms. The van der Waals surface area contributed by atoms with Crippen molar-refractivity contribution in [2.24, 2.45) is 11.8 Å². The molecule has 0 aromatic heterocycles. The Balaban J connectivity index is 2.05. The smallest absolute Gasteiger partial charge is 0.307 e. The molecular weight excluding hydrogens is 330 g/mol. The molecule has 3 nitrogen and oxygen atoms in total. The second kappa shape index (κ2) is 6.25. The van der Waals surface area contributed by atoms with Crippen LogP contribution in [-0.2, 0) is 11.3 Å². The van der Waals surface area contributed by atoms with Gasteiger partial charge in [0.15, 0.2) is 0 Å². The molecule has 0 radical (unpaired) electrons. The van der Waals surface area contributed by atoms with Crippen LogP contribution in [0.15, 0.2) is 22.7 Å². The van der Waals surface area contributed by atoms with Gasteiger partial charge in [-0.05, 0) is 46.0 Å². The second-order valence-electron chi connectivity index (χ2n) is 5.32. The zero-order valence-electron chi connectivity index (χ0n) is 10.8. The van der Waals surface area contributed by atoms with E-state index in [-0.39, 0.29) is 5.92 Å². The topological polar surface area (TPSA) is 40.5 Å². The highest BCUT2D eigenvalue weighted by molar-refractivity contribution is 9.10. The average molecular weight is 347 g/mol. The Morgan fingerprint density at radius 1 is 1.53 bits per heavy atom. The van der Waals surface area contributed by atoms with Crippen molar-refractivity contribution in [1.29, 1.82) is 0 Å². The molecular formula is C14H17BrClNO2. The minimum Gasteiger partial charge on any atom is -0.481 e. The minimum absolute atomic E-state index is 0.250. The summed E-state index contributed by atoms with van der Waals surface area (Å²) in [5.74, 6) is -0.515. The first kappa shape index (κ1) is 14.8. The Kier molecular flexibility index (Phi) is 4.87. The Hall–Kier alpha value is -0.580. The first-order valence-corrected chi connectivity index (χ1v) is 7.52. The summed E-state index contributed by atoms with van der Waals surface area (Å²) >= 11 is 9.39. The Bertz CT molecular complexity index is 481. The van der Waals surface area contributed by atoms with Crippen molar-refractivity contribution in [2.45, 2.75) is 19.9 Å². The highest BCUT2D eigenvalue weighted by Crippen LogP contribution is 2.26. The third-order valence-corrected chi connectivity index (χ3v) is 4.69. The number of carboxylic acids is 1. The van der Waals surface area contributed by atoms with Crippen LogP contribution in [-0.4, -0.2) is 29.1 Å². The first-order chi connectivity index (χ1) is 8.95. The molecule has 1 fully saturated rings. The van der Waals surface area contributed by atoms with E-state index >= 15 is 0 Å². The lowest BCUT2D eigenvalue weighted by atomic mass is 9.90. The Morgan fingerprint density at radius 3 is 2.89 bits per heavy atom. The number of carbonyl (C=O) groups is 1. The number of piperidine rings is 1. The van der Waals surface area contributed by atoms with E-state index in [0.29, 0.717) is 17.5 Å². The van der Waals surface area contributed by atoms with E-state index < -0.39 is 5.97 Å². The van der Waals surface area contributed by atoms with E-state index in [1.54, 1.807) is 0 Å². The van der Waals surface area contributed by atoms with Gasteiger partial charge in [-0.2, -0.15) is 0 Å². The predicted molar refractivity (Wildman–Crippen MR) is 79.3 cm³/mol. The molecule has 0 amide bonds. The van der Waals surface area contributed by atoms with Crippen LogP contribution in [0.3, 0.4) is 0 Å². The molecule has 19 heavy (non-hydrogen) atoms. The standard InChI is InChI=1S/C14H17BrClNO2/c1-9-4-11(14(18)19)8-17(6-9)7-10-2-3-13(16)12(15)5-10/h2-3,5,9,11H,4,6-8H2,1H3,(H,18,19). The molecule has 1 aromatic carbocycles. The molecule has 0 bridgehead atoms. The second-order valence-corrected chi connectivity index (χ2v) is 6.58. The van der Waals surface area contributed by atoms with Gasteiger partial charge in [0.25, 0.3) is 0 Å². The lowest BCUT2D eigenvalue weighted by Gasteiger charge is -2.34. The summed E-state index contributed by atoms with van der Waals surface area (Å²) in [5, 5.41) is 9.86. The van der Waals surface area contributed by atoms with Gasteiger partial charge in [0, 0.05) is 24.1 Å². The molecule has 0 aliphatic carbocycles. The van der Waals surface area contributed by atoms with E-state index in [2.05, 4.69) is 27.8 Å². The number of likely N-dealkylation sites (tertiary alicyclic amines) is 1. The maximum atomic E-state index is 11.1. The largest absolute Gasteiger partial charge is 0.481 e. The van der Waals surface area contributed by atoms with Crippen LogP contribution in [0.2, 0.25) is 5.02 Å². The fraction of sp³-hybridized carbons (Fsp3) is 0.500. The van der Waals surface area contributed by atoms with Crippen molar-refractivity contribution in [2.75, 3.05) is 13.1 Å². The van der Waals surface area contributed by atoms with Gasteiger partial charge in [0.2, 0.25) is 0 Å². The van der Waals surface area contributed by atoms with E-state index in [0.717, 1.165) is 29.5 Å². The molecule has 1 aromatic rings. The first-order valence-electron chi connectivity index (χ1n) is 6.34. The van der Waals surface area contributed by atoms with Gasteiger partial charge in [-0.25, -0.2) is 0 Å². The number of carboxylic acid groups (broad SMARTS) is 1. The van der Waals surface area contributed by atoms with E-state index in [9.17, 15) is 4.79 Å². The third-order valence-electron chi connectivity index (χ3n) is 3.47. The summed E-state index contributed by atoms with van der Waals surface area (Å²) < 4.78 is 0.881. The van der Waals surface area contributed by atoms with E-state index in [4.69, 9.17) is 16.7 Å². The van der Waals surface area contributed by atoms with Crippen molar-refractivity contribution in [3.63, 3.8) is 0 Å². The Morgan fingerprint density at radius 2 is 2.26 bits per heavy atom. The number of nitrogens with zero attached hydrogens (tertiary/aromatic N) is 1. The maximum absolute atomic E-state index is 11.1. The monoisotopic (exact) mass is 345 g/mol. The van der Waals surface area contributed by atoms with Crippen molar-refractivity contribution in [1.82, 2.24) is 4.90 Å². The molecule has 1 aliphatic rings. The number of halogens is 2. The number of hydrogen-bond acceptors (Lipinski definition) is 2. The van der Waals surface area contributed by atoms with Crippen molar-refractivity contribution in [3.05, 3.63) is 33.3 Å². The quantitative estimate of drug-likeness (QED) is 0.908. The normalized spacial score (nSPS) is 24.4. The van der Waals surface area contributed by atoms with Crippen LogP contribution < -0.4 is 0 Å². The van der Waals surface area contributed by atoms with Gasteiger partial charge in [-0.15, -0.1) is 0 Å². The molecule has 1 saturated heterocycles. The zero-order chi connectivity index (χ0) is 14.0. The summed E-state index contributed by atoms with van der Waals surface area (Å²) in [7, 11) is 0. The summed E-state index contributed by atoms with van der Waals surface area (Å²) in [6.07, 6.45) is 0.774. The van der Waals surface area contributed by atoms with Crippen molar-refractivity contribution < 1.29 is 9.90 Å².